The highest BCUT2D eigenvalue weighted by molar-refractivity contribution is 4.94. The second-order valence-corrected chi connectivity index (χ2v) is 6.12. The topological polar surface area (TPSA) is 32.7 Å². The molecular formula is C13H25NO2. The van der Waals surface area contributed by atoms with Gasteiger partial charge in [-0.05, 0) is 38.1 Å². The summed E-state index contributed by atoms with van der Waals surface area (Å²) in [6.07, 6.45) is 4.02. The highest BCUT2D eigenvalue weighted by atomic mass is 16.5. The minimum absolute atomic E-state index is 0.109. The van der Waals surface area contributed by atoms with Gasteiger partial charge in [0.1, 0.15) is 0 Å². The quantitative estimate of drug-likeness (QED) is 0.778. The molecule has 0 aromatic carbocycles. The highest BCUT2D eigenvalue weighted by Gasteiger charge is 2.40. The van der Waals surface area contributed by atoms with Gasteiger partial charge in [-0.15, -0.1) is 0 Å². The van der Waals surface area contributed by atoms with E-state index in [2.05, 4.69) is 25.8 Å². The largest absolute Gasteiger partial charge is 0.393 e. The summed E-state index contributed by atoms with van der Waals surface area (Å²) in [5.41, 5.74) is 0.316. The molecule has 1 heterocycles. The van der Waals surface area contributed by atoms with Crippen molar-refractivity contribution in [2.75, 3.05) is 20.3 Å². The monoisotopic (exact) mass is 227 g/mol. The lowest BCUT2D eigenvalue weighted by molar-refractivity contribution is -0.0185. The predicted molar refractivity (Wildman–Crippen MR) is 64.4 cm³/mol. The third-order valence-electron chi connectivity index (χ3n) is 4.49. The van der Waals surface area contributed by atoms with Crippen molar-refractivity contribution in [3.63, 3.8) is 0 Å². The Bertz CT molecular complexity index is 236. The molecule has 0 spiro atoms. The molecule has 1 saturated heterocycles. The second-order valence-electron chi connectivity index (χ2n) is 6.12. The van der Waals surface area contributed by atoms with Gasteiger partial charge in [-0.3, -0.25) is 4.90 Å². The van der Waals surface area contributed by atoms with Crippen LogP contribution in [0.1, 0.15) is 39.5 Å². The summed E-state index contributed by atoms with van der Waals surface area (Å²) in [5.74, 6) is 0. The summed E-state index contributed by atoms with van der Waals surface area (Å²) in [7, 11) is 2.20. The fraction of sp³-hybridized carbons (Fsp3) is 1.00. The van der Waals surface area contributed by atoms with Crippen molar-refractivity contribution in [2.45, 2.75) is 57.7 Å². The van der Waals surface area contributed by atoms with Crippen molar-refractivity contribution in [1.29, 1.82) is 0 Å². The van der Waals surface area contributed by atoms with Crippen LogP contribution in [-0.2, 0) is 4.74 Å². The molecule has 0 bridgehead atoms. The Hall–Kier alpha value is -0.120. The molecule has 1 aliphatic carbocycles. The van der Waals surface area contributed by atoms with Gasteiger partial charge in [-0.25, -0.2) is 0 Å². The van der Waals surface area contributed by atoms with E-state index >= 15 is 0 Å². The molecule has 2 aliphatic rings. The van der Waals surface area contributed by atoms with Crippen molar-refractivity contribution in [3.05, 3.63) is 0 Å². The molecule has 3 heteroatoms. The first-order chi connectivity index (χ1) is 7.50. The molecule has 0 radical (unpaired) electrons. The third-order valence-corrected chi connectivity index (χ3v) is 4.49. The molecule has 94 valence electrons. The van der Waals surface area contributed by atoms with Crippen LogP contribution in [-0.4, -0.2) is 48.5 Å². The third kappa shape index (κ3) is 2.41. The number of ether oxygens (including phenoxy) is 1. The van der Waals surface area contributed by atoms with E-state index < -0.39 is 0 Å². The number of hydrogen-bond donors (Lipinski definition) is 1. The number of hydrogen-bond acceptors (Lipinski definition) is 3. The molecule has 3 unspecified atom stereocenters. The lowest BCUT2D eigenvalue weighted by Crippen LogP contribution is -2.52. The van der Waals surface area contributed by atoms with Gasteiger partial charge in [0.2, 0.25) is 0 Å². The van der Waals surface area contributed by atoms with Gasteiger partial charge in [0, 0.05) is 18.7 Å². The zero-order valence-corrected chi connectivity index (χ0v) is 10.8. The molecule has 0 aromatic rings. The first kappa shape index (κ1) is 12.3. The van der Waals surface area contributed by atoms with Gasteiger partial charge >= 0.3 is 0 Å². The summed E-state index contributed by atoms with van der Waals surface area (Å²) >= 11 is 0. The van der Waals surface area contributed by atoms with Crippen molar-refractivity contribution >= 4 is 0 Å². The van der Waals surface area contributed by atoms with E-state index in [-0.39, 0.29) is 6.10 Å². The summed E-state index contributed by atoms with van der Waals surface area (Å²) < 4.78 is 5.46. The molecule has 1 N–H and O–H groups in total. The van der Waals surface area contributed by atoms with Crippen LogP contribution in [0, 0.1) is 5.41 Å². The summed E-state index contributed by atoms with van der Waals surface area (Å²) in [6.45, 7) is 6.41. The van der Waals surface area contributed by atoms with Crippen LogP contribution in [0.4, 0.5) is 0 Å². The minimum Gasteiger partial charge on any atom is -0.393 e. The Morgan fingerprint density at radius 2 is 2.06 bits per heavy atom. The average molecular weight is 227 g/mol. The SMILES string of the molecule is CN(C1CCOC1)C1CC(O)CCC1(C)C. The molecule has 0 aromatic heterocycles. The van der Waals surface area contributed by atoms with Gasteiger partial charge < -0.3 is 9.84 Å². The number of aliphatic hydroxyl groups is 1. The molecule has 2 rings (SSSR count). The molecule has 0 amide bonds. The van der Waals surface area contributed by atoms with Crippen molar-refractivity contribution in [3.8, 4) is 0 Å². The summed E-state index contributed by atoms with van der Waals surface area (Å²) in [6, 6.07) is 1.04. The molecule has 1 aliphatic heterocycles. The van der Waals surface area contributed by atoms with Crippen LogP contribution in [0.25, 0.3) is 0 Å². The zero-order chi connectivity index (χ0) is 11.8. The molecule has 2 fully saturated rings. The van der Waals surface area contributed by atoms with Crippen molar-refractivity contribution < 1.29 is 9.84 Å². The Kier molecular flexibility index (Phi) is 3.57. The maximum absolute atomic E-state index is 9.85. The fourth-order valence-electron chi connectivity index (χ4n) is 3.22. The van der Waals surface area contributed by atoms with E-state index in [1.165, 1.54) is 0 Å². The lowest BCUT2D eigenvalue weighted by Gasteiger charge is -2.47. The van der Waals surface area contributed by atoms with Crippen LogP contribution >= 0.6 is 0 Å². The van der Waals surface area contributed by atoms with Crippen LogP contribution in [0.2, 0.25) is 0 Å². The predicted octanol–water partition coefficient (Wildman–Crippen LogP) is 1.65. The Labute approximate surface area is 98.8 Å². The minimum atomic E-state index is -0.109. The smallest absolute Gasteiger partial charge is 0.0622 e. The van der Waals surface area contributed by atoms with E-state index in [0.29, 0.717) is 17.5 Å². The van der Waals surface area contributed by atoms with Crippen LogP contribution in [0.5, 0.6) is 0 Å². The second kappa shape index (κ2) is 4.63. The van der Waals surface area contributed by atoms with E-state index in [4.69, 9.17) is 4.74 Å². The van der Waals surface area contributed by atoms with E-state index in [9.17, 15) is 5.11 Å². The normalized spacial score (nSPS) is 39.2. The Morgan fingerprint density at radius 1 is 1.31 bits per heavy atom. The molecule has 1 saturated carbocycles. The number of aliphatic hydroxyl groups excluding tert-OH is 1. The van der Waals surface area contributed by atoms with Gasteiger partial charge in [-0.2, -0.15) is 0 Å². The van der Waals surface area contributed by atoms with Crippen molar-refractivity contribution in [1.82, 2.24) is 4.90 Å². The summed E-state index contributed by atoms with van der Waals surface area (Å²) in [4.78, 5) is 2.45. The van der Waals surface area contributed by atoms with Crippen LogP contribution in [0.3, 0.4) is 0 Å². The van der Waals surface area contributed by atoms with Crippen molar-refractivity contribution in [2.24, 2.45) is 5.41 Å². The maximum atomic E-state index is 9.85. The van der Waals surface area contributed by atoms with E-state index in [1.807, 2.05) is 0 Å². The van der Waals surface area contributed by atoms with Gasteiger partial charge in [0.15, 0.2) is 0 Å². The van der Waals surface area contributed by atoms with Gasteiger partial charge in [0.25, 0.3) is 0 Å². The molecule has 16 heavy (non-hydrogen) atoms. The van der Waals surface area contributed by atoms with Gasteiger partial charge in [0.05, 0.1) is 12.7 Å². The molecular weight excluding hydrogens is 202 g/mol. The number of likely N-dealkylation sites (N-methyl/N-ethyl adjacent to an activating group) is 1. The summed E-state index contributed by atoms with van der Waals surface area (Å²) in [5, 5.41) is 9.85. The number of nitrogens with zero attached hydrogens (tertiary/aromatic N) is 1. The first-order valence-electron chi connectivity index (χ1n) is 6.48. The number of rotatable bonds is 2. The van der Waals surface area contributed by atoms with Crippen LogP contribution in [0.15, 0.2) is 0 Å². The lowest BCUT2D eigenvalue weighted by atomic mass is 9.71. The average Bonchev–Trinajstić information content (AvgIpc) is 2.74. The highest BCUT2D eigenvalue weighted by Crippen LogP contribution is 2.39. The standard InChI is InChI=1S/C13H25NO2/c1-13(2)6-4-11(15)8-12(13)14(3)10-5-7-16-9-10/h10-12,15H,4-9H2,1-3H3. The fourth-order valence-corrected chi connectivity index (χ4v) is 3.22. The zero-order valence-electron chi connectivity index (χ0n) is 10.8. The molecule has 3 nitrogen and oxygen atoms in total. The molecule has 3 atom stereocenters. The first-order valence-corrected chi connectivity index (χ1v) is 6.48. The van der Waals surface area contributed by atoms with E-state index in [0.717, 1.165) is 38.9 Å². The van der Waals surface area contributed by atoms with Gasteiger partial charge in [-0.1, -0.05) is 13.8 Å². The maximum Gasteiger partial charge on any atom is 0.0622 e. The van der Waals surface area contributed by atoms with E-state index in [1.54, 1.807) is 0 Å². The Morgan fingerprint density at radius 3 is 2.69 bits per heavy atom. The van der Waals surface area contributed by atoms with Crippen LogP contribution < -0.4 is 0 Å². The Balaban J connectivity index is 2.04.